The van der Waals surface area contributed by atoms with Gasteiger partial charge in [0.25, 0.3) is 0 Å². The summed E-state index contributed by atoms with van der Waals surface area (Å²) in [7, 11) is 0. The molecule has 0 aromatic heterocycles. The maximum atomic E-state index is 12.9. The molecule has 1 rings (SSSR count). The molecule has 0 saturated heterocycles. The van der Waals surface area contributed by atoms with Crippen LogP contribution in [0.3, 0.4) is 0 Å². The number of nitrogens with two attached hydrogens (primary N) is 1. The first kappa shape index (κ1) is 12.3. The fraction of sp³-hybridized carbons (Fsp3) is 0.333. The van der Waals surface area contributed by atoms with Crippen LogP contribution in [0.2, 0.25) is 0 Å². The lowest BCUT2D eigenvalue weighted by atomic mass is 10.0. The van der Waals surface area contributed by atoms with Crippen LogP contribution < -0.4 is 5.73 Å². The molecule has 1 aromatic rings. The summed E-state index contributed by atoms with van der Waals surface area (Å²) in [5, 5.41) is 0. The fourth-order valence-electron chi connectivity index (χ4n) is 1.10. The molecule has 1 unspecified atom stereocenters. The highest BCUT2D eigenvalue weighted by Crippen LogP contribution is 2.32. The van der Waals surface area contributed by atoms with Gasteiger partial charge < -0.3 is 5.73 Å². The summed E-state index contributed by atoms with van der Waals surface area (Å²) < 4.78 is 49.7. The third-order valence-electron chi connectivity index (χ3n) is 1.92. The number of alkyl halides is 3. The summed E-state index contributed by atoms with van der Waals surface area (Å²) in [6, 6.07) is 2.08. The second-order valence-electron chi connectivity index (χ2n) is 3.03. The summed E-state index contributed by atoms with van der Waals surface area (Å²) in [6.07, 6.45) is -4.70. The number of hydrogen-bond acceptors (Lipinski definition) is 2. The Morgan fingerprint density at radius 3 is 2.40 bits per heavy atom. The summed E-state index contributed by atoms with van der Waals surface area (Å²) in [6.45, 7) is 0. The van der Waals surface area contributed by atoms with Gasteiger partial charge in [0.2, 0.25) is 0 Å². The summed E-state index contributed by atoms with van der Waals surface area (Å²) in [4.78, 5) is 0. The molecule has 1 atom stereocenters. The number of benzene rings is 1. The summed E-state index contributed by atoms with van der Waals surface area (Å²) >= 11 is 3.86. The molecule has 0 saturated carbocycles. The molecule has 0 aliphatic carbocycles. The van der Waals surface area contributed by atoms with Crippen LogP contribution in [0.15, 0.2) is 18.2 Å². The summed E-state index contributed by atoms with van der Waals surface area (Å²) in [5.74, 6) is -1.10. The Labute approximate surface area is 89.7 Å². The number of halogens is 4. The molecule has 0 bridgehead atoms. The highest BCUT2D eigenvalue weighted by molar-refractivity contribution is 7.80. The quantitative estimate of drug-likeness (QED) is 0.602. The van der Waals surface area contributed by atoms with E-state index in [1.165, 1.54) is 6.07 Å². The molecule has 0 radical (unpaired) electrons. The van der Waals surface area contributed by atoms with Crippen molar-refractivity contribution in [1.82, 2.24) is 0 Å². The van der Waals surface area contributed by atoms with Crippen LogP contribution in [0.5, 0.6) is 0 Å². The summed E-state index contributed by atoms with van der Waals surface area (Å²) in [5.41, 5.74) is 4.42. The van der Waals surface area contributed by atoms with E-state index >= 15 is 0 Å². The van der Waals surface area contributed by atoms with Crippen molar-refractivity contribution in [2.45, 2.75) is 12.2 Å². The molecule has 1 nitrogen and oxygen atoms in total. The molecular formula is C9H9F4NS. The Bertz CT molecular complexity index is 350. The average Bonchev–Trinajstić information content (AvgIpc) is 2.15. The van der Waals surface area contributed by atoms with Gasteiger partial charge in [-0.2, -0.15) is 25.8 Å². The maximum absolute atomic E-state index is 12.9. The van der Waals surface area contributed by atoms with E-state index in [2.05, 4.69) is 12.6 Å². The second-order valence-corrected chi connectivity index (χ2v) is 3.39. The molecule has 6 heteroatoms. The Morgan fingerprint density at radius 1 is 1.33 bits per heavy atom. The minimum atomic E-state index is -4.70. The lowest BCUT2D eigenvalue weighted by Crippen LogP contribution is -2.15. The van der Waals surface area contributed by atoms with E-state index in [0.29, 0.717) is 0 Å². The Hall–Kier alpha value is -0.750. The average molecular weight is 239 g/mol. The first-order valence-corrected chi connectivity index (χ1v) is 4.72. The van der Waals surface area contributed by atoms with Gasteiger partial charge in [-0.05, 0) is 17.7 Å². The van der Waals surface area contributed by atoms with Gasteiger partial charge in [-0.15, -0.1) is 0 Å². The van der Waals surface area contributed by atoms with Crippen molar-refractivity contribution < 1.29 is 17.6 Å². The molecule has 0 amide bonds. The molecule has 0 aliphatic rings. The molecule has 1 aromatic carbocycles. The van der Waals surface area contributed by atoms with E-state index in [9.17, 15) is 17.6 Å². The van der Waals surface area contributed by atoms with Gasteiger partial charge in [-0.3, -0.25) is 0 Å². The van der Waals surface area contributed by atoms with Crippen molar-refractivity contribution >= 4 is 12.6 Å². The van der Waals surface area contributed by atoms with Crippen molar-refractivity contribution in [1.29, 1.82) is 0 Å². The van der Waals surface area contributed by atoms with Crippen LogP contribution in [0.4, 0.5) is 17.6 Å². The third-order valence-corrected chi connectivity index (χ3v) is 2.31. The van der Waals surface area contributed by atoms with Crippen molar-refractivity contribution in [3.8, 4) is 0 Å². The number of thiol groups is 1. The van der Waals surface area contributed by atoms with Crippen LogP contribution in [0.25, 0.3) is 0 Å². The van der Waals surface area contributed by atoms with E-state index in [4.69, 9.17) is 5.73 Å². The molecule has 2 N–H and O–H groups in total. The molecule has 0 fully saturated rings. The molecule has 0 heterocycles. The normalized spacial score (nSPS) is 14.0. The molecule has 84 valence electrons. The zero-order valence-electron chi connectivity index (χ0n) is 7.55. The zero-order chi connectivity index (χ0) is 11.6. The lowest BCUT2D eigenvalue weighted by molar-refractivity contribution is -0.140. The SMILES string of the molecule is NC(CS)c1ccc(F)c(C(F)(F)F)c1. The second kappa shape index (κ2) is 4.40. The van der Waals surface area contributed by atoms with E-state index in [1.807, 2.05) is 0 Å². The lowest BCUT2D eigenvalue weighted by Gasteiger charge is -2.13. The first-order chi connectivity index (χ1) is 6.86. The Morgan fingerprint density at radius 2 is 1.93 bits per heavy atom. The topological polar surface area (TPSA) is 26.0 Å². The molecule has 0 spiro atoms. The van der Waals surface area contributed by atoms with Crippen LogP contribution in [-0.2, 0) is 6.18 Å². The minimum absolute atomic E-state index is 0.197. The van der Waals surface area contributed by atoms with Gasteiger partial charge in [0.15, 0.2) is 0 Å². The smallest absolute Gasteiger partial charge is 0.323 e. The highest BCUT2D eigenvalue weighted by Gasteiger charge is 2.34. The van der Waals surface area contributed by atoms with Crippen molar-refractivity contribution in [3.05, 3.63) is 35.1 Å². The van der Waals surface area contributed by atoms with Gasteiger partial charge in [0.1, 0.15) is 5.82 Å². The van der Waals surface area contributed by atoms with Crippen LogP contribution in [-0.4, -0.2) is 5.75 Å². The predicted molar refractivity (Wildman–Crippen MR) is 52.2 cm³/mol. The maximum Gasteiger partial charge on any atom is 0.419 e. The van der Waals surface area contributed by atoms with E-state index < -0.39 is 23.6 Å². The first-order valence-electron chi connectivity index (χ1n) is 4.09. The van der Waals surface area contributed by atoms with Crippen molar-refractivity contribution in [2.24, 2.45) is 5.73 Å². The monoisotopic (exact) mass is 239 g/mol. The number of rotatable bonds is 2. The van der Waals surface area contributed by atoms with Crippen LogP contribution in [0, 0.1) is 5.82 Å². The van der Waals surface area contributed by atoms with Crippen LogP contribution >= 0.6 is 12.6 Å². The van der Waals surface area contributed by atoms with E-state index in [-0.39, 0.29) is 11.3 Å². The Kier molecular flexibility index (Phi) is 3.62. The van der Waals surface area contributed by atoms with Crippen molar-refractivity contribution in [2.75, 3.05) is 5.75 Å². The number of hydrogen-bond donors (Lipinski definition) is 2. The minimum Gasteiger partial charge on any atom is -0.323 e. The van der Waals surface area contributed by atoms with E-state index in [0.717, 1.165) is 12.1 Å². The van der Waals surface area contributed by atoms with Crippen LogP contribution in [0.1, 0.15) is 17.2 Å². The zero-order valence-corrected chi connectivity index (χ0v) is 8.45. The standard InChI is InChI=1S/C9H9F4NS/c10-7-2-1-5(8(14)4-15)3-6(7)9(11,12)13/h1-3,8,15H,4,14H2. The third kappa shape index (κ3) is 2.85. The van der Waals surface area contributed by atoms with Gasteiger partial charge in [0, 0.05) is 11.8 Å². The van der Waals surface area contributed by atoms with Gasteiger partial charge in [-0.25, -0.2) is 4.39 Å². The predicted octanol–water partition coefficient (Wildman–Crippen LogP) is 2.77. The molecule has 0 aliphatic heterocycles. The fourth-order valence-corrected chi connectivity index (χ4v) is 1.31. The largest absolute Gasteiger partial charge is 0.419 e. The highest BCUT2D eigenvalue weighted by atomic mass is 32.1. The van der Waals surface area contributed by atoms with Crippen molar-refractivity contribution in [3.63, 3.8) is 0 Å². The van der Waals surface area contributed by atoms with E-state index in [1.54, 1.807) is 0 Å². The van der Waals surface area contributed by atoms with Gasteiger partial charge >= 0.3 is 6.18 Å². The molecular weight excluding hydrogens is 230 g/mol. The van der Waals surface area contributed by atoms with Gasteiger partial charge in [0.05, 0.1) is 5.56 Å². The molecule has 15 heavy (non-hydrogen) atoms. The Balaban J connectivity index is 3.17. The van der Waals surface area contributed by atoms with Gasteiger partial charge in [-0.1, -0.05) is 6.07 Å².